The van der Waals surface area contributed by atoms with Gasteiger partial charge in [-0.2, -0.15) is 0 Å². The molecule has 5 heteroatoms. The Labute approximate surface area is 90.4 Å². The Kier molecular flexibility index (Phi) is 2.69. The van der Waals surface area contributed by atoms with Gasteiger partial charge < -0.3 is 9.15 Å². The van der Waals surface area contributed by atoms with Gasteiger partial charge >= 0.3 is 5.97 Å². The van der Waals surface area contributed by atoms with E-state index in [-0.39, 0.29) is 10.8 Å². The number of nitrogens with zero attached hydrogens (tertiary/aromatic N) is 1. The quantitative estimate of drug-likeness (QED) is 0.735. The molecule has 0 unspecified atom stereocenters. The summed E-state index contributed by atoms with van der Waals surface area (Å²) in [6.07, 6.45) is 5.59. The molecule has 0 bridgehead atoms. The molecule has 15 heavy (non-hydrogen) atoms. The molecule has 4 nitrogen and oxygen atoms in total. The molecule has 0 aliphatic carbocycles. The van der Waals surface area contributed by atoms with Gasteiger partial charge in [0.15, 0.2) is 5.75 Å². The van der Waals surface area contributed by atoms with E-state index in [0.29, 0.717) is 5.56 Å². The number of esters is 1. The third-order valence-corrected chi connectivity index (χ3v) is 1.98. The SMILES string of the molecule is O=C(Oc1ccncc1Cl)c1ccoc1. The van der Waals surface area contributed by atoms with Gasteiger partial charge in [-0.1, -0.05) is 11.6 Å². The van der Waals surface area contributed by atoms with Crippen LogP contribution in [0.2, 0.25) is 5.02 Å². The number of carbonyl (C=O) groups excluding carboxylic acids is 1. The van der Waals surface area contributed by atoms with Gasteiger partial charge in [-0.3, -0.25) is 4.98 Å². The van der Waals surface area contributed by atoms with Gasteiger partial charge in [-0.15, -0.1) is 0 Å². The zero-order chi connectivity index (χ0) is 10.7. The summed E-state index contributed by atoms with van der Waals surface area (Å²) < 4.78 is 9.78. The Balaban J connectivity index is 2.17. The van der Waals surface area contributed by atoms with Gasteiger partial charge in [-0.25, -0.2) is 4.79 Å². The van der Waals surface area contributed by atoms with Crippen molar-refractivity contribution in [3.05, 3.63) is 47.6 Å². The molecule has 2 aromatic heterocycles. The van der Waals surface area contributed by atoms with Crippen molar-refractivity contribution in [3.8, 4) is 5.75 Å². The van der Waals surface area contributed by atoms with Crippen molar-refractivity contribution in [3.63, 3.8) is 0 Å². The van der Waals surface area contributed by atoms with E-state index in [2.05, 4.69) is 4.98 Å². The van der Waals surface area contributed by atoms with Crippen molar-refractivity contribution in [1.29, 1.82) is 0 Å². The Hall–Kier alpha value is -1.81. The lowest BCUT2D eigenvalue weighted by molar-refractivity contribution is 0.0734. The Morgan fingerprint density at radius 1 is 1.47 bits per heavy atom. The van der Waals surface area contributed by atoms with Crippen LogP contribution in [0.1, 0.15) is 10.4 Å². The average Bonchev–Trinajstić information content (AvgIpc) is 2.74. The number of furan rings is 1. The smallest absolute Gasteiger partial charge is 0.346 e. The number of ether oxygens (including phenoxy) is 1. The number of rotatable bonds is 2. The van der Waals surface area contributed by atoms with E-state index in [0.717, 1.165) is 0 Å². The van der Waals surface area contributed by atoms with Crippen LogP contribution in [0.25, 0.3) is 0 Å². The maximum Gasteiger partial charge on any atom is 0.346 e. The summed E-state index contributed by atoms with van der Waals surface area (Å²) in [7, 11) is 0. The van der Waals surface area contributed by atoms with Crippen LogP contribution in [0, 0.1) is 0 Å². The lowest BCUT2D eigenvalue weighted by Crippen LogP contribution is -2.07. The highest BCUT2D eigenvalue weighted by atomic mass is 35.5. The fourth-order valence-electron chi connectivity index (χ4n) is 0.985. The predicted octanol–water partition coefficient (Wildman–Crippen LogP) is 2.55. The molecule has 0 radical (unpaired) electrons. The molecule has 0 saturated heterocycles. The molecule has 2 rings (SSSR count). The van der Waals surface area contributed by atoms with E-state index in [4.69, 9.17) is 20.8 Å². The van der Waals surface area contributed by atoms with Gasteiger partial charge in [0.25, 0.3) is 0 Å². The molecule has 0 spiro atoms. The van der Waals surface area contributed by atoms with Crippen LogP contribution in [0.4, 0.5) is 0 Å². The van der Waals surface area contributed by atoms with Crippen LogP contribution in [0.3, 0.4) is 0 Å². The fourth-order valence-corrected chi connectivity index (χ4v) is 1.14. The number of hydrogen-bond acceptors (Lipinski definition) is 4. The predicted molar refractivity (Wildman–Crippen MR) is 52.9 cm³/mol. The van der Waals surface area contributed by atoms with Crippen LogP contribution >= 0.6 is 11.6 Å². The largest absolute Gasteiger partial charge is 0.472 e. The second kappa shape index (κ2) is 4.14. The minimum absolute atomic E-state index is 0.276. The molecule has 76 valence electrons. The van der Waals surface area contributed by atoms with Gasteiger partial charge in [0.2, 0.25) is 0 Å². The van der Waals surface area contributed by atoms with Gasteiger partial charge in [0.05, 0.1) is 11.8 Å². The topological polar surface area (TPSA) is 52.3 Å². The first-order chi connectivity index (χ1) is 7.27. The van der Waals surface area contributed by atoms with E-state index in [9.17, 15) is 4.79 Å². The molecule has 0 aliphatic rings. The summed E-state index contributed by atoms with van der Waals surface area (Å²) in [4.78, 5) is 15.2. The molecular formula is C10H6ClNO3. The molecule has 0 N–H and O–H groups in total. The zero-order valence-electron chi connectivity index (χ0n) is 7.51. The molecule has 0 aliphatic heterocycles. The van der Waals surface area contributed by atoms with E-state index < -0.39 is 5.97 Å². The first-order valence-electron chi connectivity index (χ1n) is 4.11. The number of halogens is 1. The highest BCUT2D eigenvalue weighted by molar-refractivity contribution is 6.32. The van der Waals surface area contributed by atoms with Crippen molar-refractivity contribution in [2.75, 3.05) is 0 Å². The lowest BCUT2D eigenvalue weighted by Gasteiger charge is -2.03. The molecule has 0 aromatic carbocycles. The zero-order valence-corrected chi connectivity index (χ0v) is 8.27. The third-order valence-electron chi connectivity index (χ3n) is 1.69. The minimum atomic E-state index is -0.517. The second-order valence-corrected chi connectivity index (χ2v) is 3.11. The van der Waals surface area contributed by atoms with Gasteiger partial charge in [-0.05, 0) is 6.07 Å². The van der Waals surface area contributed by atoms with Crippen molar-refractivity contribution < 1.29 is 13.9 Å². The summed E-state index contributed by atoms with van der Waals surface area (Å²) in [5, 5.41) is 0.286. The van der Waals surface area contributed by atoms with Crippen LogP contribution in [-0.2, 0) is 0 Å². The summed E-state index contributed by atoms with van der Waals surface area (Å²) in [5.41, 5.74) is 0.336. The van der Waals surface area contributed by atoms with E-state index in [1.165, 1.54) is 37.1 Å². The molecule has 0 atom stereocenters. The van der Waals surface area contributed by atoms with Crippen molar-refractivity contribution >= 4 is 17.6 Å². The molecule has 2 heterocycles. The summed E-state index contributed by atoms with van der Waals surface area (Å²) in [5.74, 6) is -0.241. The van der Waals surface area contributed by atoms with Gasteiger partial charge in [0, 0.05) is 18.5 Å². The van der Waals surface area contributed by atoms with Crippen LogP contribution < -0.4 is 4.74 Å². The number of carbonyl (C=O) groups is 1. The maximum absolute atomic E-state index is 11.5. The standard InChI is InChI=1S/C10H6ClNO3/c11-8-5-12-3-1-9(8)15-10(13)7-2-4-14-6-7/h1-6H. The van der Waals surface area contributed by atoms with Crippen LogP contribution in [0.15, 0.2) is 41.5 Å². The van der Waals surface area contributed by atoms with Gasteiger partial charge in [0.1, 0.15) is 11.3 Å². The van der Waals surface area contributed by atoms with E-state index in [1.807, 2.05) is 0 Å². The van der Waals surface area contributed by atoms with Crippen LogP contribution in [-0.4, -0.2) is 11.0 Å². The Bertz CT molecular complexity index is 467. The first kappa shape index (κ1) is 9.73. The fraction of sp³-hybridized carbons (Fsp3) is 0. The maximum atomic E-state index is 11.5. The lowest BCUT2D eigenvalue weighted by atomic mass is 10.3. The molecular weight excluding hydrogens is 218 g/mol. The number of pyridine rings is 1. The molecule has 2 aromatic rings. The highest BCUT2D eigenvalue weighted by Crippen LogP contribution is 2.22. The summed E-state index contributed by atoms with van der Waals surface area (Å²) in [6, 6.07) is 3.03. The van der Waals surface area contributed by atoms with E-state index in [1.54, 1.807) is 0 Å². The Morgan fingerprint density at radius 3 is 3.00 bits per heavy atom. The van der Waals surface area contributed by atoms with Crippen molar-refractivity contribution in [2.45, 2.75) is 0 Å². The van der Waals surface area contributed by atoms with Crippen molar-refractivity contribution in [1.82, 2.24) is 4.98 Å². The first-order valence-corrected chi connectivity index (χ1v) is 4.49. The normalized spacial score (nSPS) is 9.93. The van der Waals surface area contributed by atoms with Crippen LogP contribution in [0.5, 0.6) is 5.75 Å². The summed E-state index contributed by atoms with van der Waals surface area (Å²) >= 11 is 5.77. The molecule has 0 amide bonds. The minimum Gasteiger partial charge on any atom is -0.472 e. The van der Waals surface area contributed by atoms with Crippen molar-refractivity contribution in [2.24, 2.45) is 0 Å². The highest BCUT2D eigenvalue weighted by Gasteiger charge is 2.11. The Morgan fingerprint density at radius 2 is 2.33 bits per heavy atom. The summed E-state index contributed by atoms with van der Waals surface area (Å²) in [6.45, 7) is 0. The average molecular weight is 224 g/mol. The molecule has 0 fully saturated rings. The second-order valence-electron chi connectivity index (χ2n) is 2.71. The monoisotopic (exact) mass is 223 g/mol. The number of aromatic nitrogens is 1. The molecule has 0 saturated carbocycles. The van der Waals surface area contributed by atoms with E-state index >= 15 is 0 Å². The number of hydrogen-bond donors (Lipinski definition) is 0. The third kappa shape index (κ3) is 2.16.